The van der Waals surface area contributed by atoms with Gasteiger partial charge in [-0.1, -0.05) is 34.7 Å². The first-order chi connectivity index (χ1) is 15.0. The maximum absolute atomic E-state index is 13.5. The number of phenolic OH excluding ortho intramolecular Hbond substituents is 1. The predicted molar refractivity (Wildman–Crippen MR) is 124 cm³/mol. The number of aliphatic hydroxyl groups is 3. The summed E-state index contributed by atoms with van der Waals surface area (Å²) in [5, 5.41) is 43.1. The Labute approximate surface area is 198 Å². The molecular formula is C22H25IN2O7. The summed E-state index contributed by atoms with van der Waals surface area (Å²) in [4.78, 5) is 41.7. The summed E-state index contributed by atoms with van der Waals surface area (Å²) in [5.41, 5.74) is 2.41. The molecule has 3 aliphatic carbocycles. The Hall–Kier alpha value is -2.44. The molecule has 4 atom stereocenters. The highest BCUT2D eigenvalue weighted by Crippen LogP contribution is 2.52. The van der Waals surface area contributed by atoms with Crippen LogP contribution in [0, 0.1) is 11.8 Å². The first-order valence-corrected chi connectivity index (χ1v) is 12.0. The van der Waals surface area contributed by atoms with Crippen LogP contribution in [0.5, 0.6) is 5.75 Å². The number of alkyl halides is 1. The van der Waals surface area contributed by atoms with Gasteiger partial charge in [-0.2, -0.15) is 0 Å². The molecule has 6 N–H and O–H groups in total. The molecule has 0 unspecified atom stereocenters. The number of hydrogen-bond acceptors (Lipinski definition) is 8. The topological polar surface area (TPSA) is 161 Å². The van der Waals surface area contributed by atoms with Crippen LogP contribution in [0.2, 0.25) is 0 Å². The van der Waals surface area contributed by atoms with Crippen LogP contribution < -0.4 is 5.73 Å². The molecule has 0 aliphatic heterocycles. The highest BCUT2D eigenvalue weighted by atomic mass is 127. The first-order valence-electron chi connectivity index (χ1n) is 9.85. The minimum absolute atomic E-state index is 0.0847. The van der Waals surface area contributed by atoms with E-state index >= 15 is 0 Å². The number of ketones is 2. The third-order valence-corrected chi connectivity index (χ3v) is 6.46. The van der Waals surface area contributed by atoms with Gasteiger partial charge in [0.2, 0.25) is 5.78 Å². The largest absolute Gasteiger partial charge is 0.508 e. The van der Waals surface area contributed by atoms with Crippen molar-refractivity contribution in [3.8, 4) is 5.75 Å². The molecule has 32 heavy (non-hydrogen) atoms. The molecule has 0 heterocycles. The Bertz CT molecular complexity index is 1080. The van der Waals surface area contributed by atoms with Crippen LogP contribution in [0.1, 0.15) is 17.5 Å². The second-order valence-electron chi connectivity index (χ2n) is 8.27. The number of benzene rings is 1. The van der Waals surface area contributed by atoms with Crippen molar-refractivity contribution < 1.29 is 34.8 Å². The van der Waals surface area contributed by atoms with E-state index in [2.05, 4.69) is 22.6 Å². The summed E-state index contributed by atoms with van der Waals surface area (Å²) in [6, 6.07) is 3.62. The second kappa shape index (κ2) is 8.49. The van der Waals surface area contributed by atoms with Crippen LogP contribution in [0.3, 0.4) is 0 Å². The predicted octanol–water partition coefficient (Wildman–Crippen LogP) is 1.02. The lowest BCUT2D eigenvalue weighted by Crippen LogP contribution is -2.65. The molecule has 172 valence electrons. The fourth-order valence-corrected chi connectivity index (χ4v) is 5.18. The molecule has 3 aliphatic rings. The fourth-order valence-electron chi connectivity index (χ4n) is 5.18. The lowest BCUT2D eigenvalue weighted by atomic mass is 9.57. The maximum Gasteiger partial charge on any atom is 0.255 e. The van der Waals surface area contributed by atoms with E-state index in [0.717, 1.165) is 0 Å². The van der Waals surface area contributed by atoms with Crippen molar-refractivity contribution in [2.45, 2.75) is 24.5 Å². The van der Waals surface area contributed by atoms with Crippen molar-refractivity contribution in [3.63, 3.8) is 0 Å². The second-order valence-corrected chi connectivity index (χ2v) is 8.27. The van der Waals surface area contributed by atoms with Crippen molar-refractivity contribution >= 4 is 45.8 Å². The summed E-state index contributed by atoms with van der Waals surface area (Å²) in [7, 11) is 3.12. The lowest BCUT2D eigenvalue weighted by Gasteiger charge is -2.50. The summed E-state index contributed by atoms with van der Waals surface area (Å²) >= 11 is 2.15. The Morgan fingerprint density at radius 3 is 2.38 bits per heavy atom. The number of hydrogen-bond donors (Lipinski definition) is 5. The summed E-state index contributed by atoms with van der Waals surface area (Å²) < 4.78 is 0. The van der Waals surface area contributed by atoms with E-state index in [-0.39, 0.29) is 23.3 Å². The number of nitrogens with two attached hydrogens (primary N) is 1. The molecule has 4 rings (SSSR count). The van der Waals surface area contributed by atoms with Crippen molar-refractivity contribution in [1.29, 1.82) is 0 Å². The van der Waals surface area contributed by atoms with E-state index in [0.29, 0.717) is 12.0 Å². The Morgan fingerprint density at radius 1 is 1.19 bits per heavy atom. The third kappa shape index (κ3) is 3.23. The first kappa shape index (κ1) is 24.2. The average molecular weight is 556 g/mol. The average Bonchev–Trinajstić information content (AvgIpc) is 2.71. The van der Waals surface area contributed by atoms with Gasteiger partial charge in [-0.05, 0) is 49.4 Å². The molecule has 9 nitrogen and oxygen atoms in total. The molecular weight excluding hydrogens is 531 g/mol. The summed E-state index contributed by atoms with van der Waals surface area (Å²) in [6.45, 7) is 0. The highest BCUT2D eigenvalue weighted by molar-refractivity contribution is 14.1. The lowest BCUT2D eigenvalue weighted by molar-refractivity contribution is -0.153. The van der Waals surface area contributed by atoms with Gasteiger partial charge in [0.25, 0.3) is 5.91 Å². The van der Waals surface area contributed by atoms with Crippen LogP contribution in [-0.2, 0) is 20.8 Å². The molecule has 1 amide bonds. The van der Waals surface area contributed by atoms with E-state index in [9.17, 15) is 34.8 Å². The van der Waals surface area contributed by atoms with Gasteiger partial charge in [-0.3, -0.25) is 19.3 Å². The van der Waals surface area contributed by atoms with Crippen LogP contribution in [0.25, 0.3) is 5.76 Å². The van der Waals surface area contributed by atoms with Gasteiger partial charge in [0.05, 0.1) is 11.6 Å². The Kier molecular flexibility index (Phi) is 6.42. The van der Waals surface area contributed by atoms with Crippen molar-refractivity contribution in [3.05, 3.63) is 46.2 Å². The van der Waals surface area contributed by atoms with E-state index in [1.54, 1.807) is 26.2 Å². The zero-order valence-corrected chi connectivity index (χ0v) is 20.0. The van der Waals surface area contributed by atoms with Crippen LogP contribution in [0.15, 0.2) is 35.1 Å². The van der Waals surface area contributed by atoms with Crippen LogP contribution in [0.4, 0.5) is 0 Å². The number of aromatic hydroxyl groups is 1. The number of phenols is 1. The van der Waals surface area contributed by atoms with Gasteiger partial charge in [0.15, 0.2) is 11.4 Å². The van der Waals surface area contributed by atoms with Crippen molar-refractivity contribution in [2.75, 3.05) is 19.0 Å². The van der Waals surface area contributed by atoms with Gasteiger partial charge in [-0.25, -0.2) is 0 Å². The number of carbonyl (C=O) groups excluding carboxylic acids is 3. The van der Waals surface area contributed by atoms with Gasteiger partial charge in [0, 0.05) is 11.5 Å². The Balaban J connectivity index is 0.00000141. The van der Waals surface area contributed by atoms with Crippen molar-refractivity contribution in [2.24, 2.45) is 17.6 Å². The van der Waals surface area contributed by atoms with Crippen LogP contribution >= 0.6 is 22.6 Å². The number of amides is 1. The zero-order chi connectivity index (χ0) is 24.1. The monoisotopic (exact) mass is 556 g/mol. The minimum atomic E-state index is -2.60. The molecule has 10 heteroatoms. The SMILES string of the molecule is CI.CN(C)[C@@H]1C(=O)C(C(N)=O)=C(O)[C@@]2(O)C(=O)C3=C(O)c4c(O)cccc4C[C@H]3C[C@H]12. The number of likely N-dealkylation sites (N-methyl/N-ethyl adjacent to an activating group) is 1. The fraction of sp³-hybridized carbons (Fsp3) is 0.409. The number of aliphatic hydroxyl groups excluding tert-OH is 2. The number of carbonyl (C=O) groups is 3. The molecule has 1 saturated carbocycles. The van der Waals surface area contributed by atoms with E-state index < -0.39 is 58.0 Å². The molecule has 0 saturated heterocycles. The number of fused-ring (bicyclic) bond motifs is 3. The third-order valence-electron chi connectivity index (χ3n) is 6.46. The normalized spacial score (nSPS) is 29.1. The molecule has 0 spiro atoms. The number of halogens is 1. The number of rotatable bonds is 2. The zero-order valence-electron chi connectivity index (χ0n) is 17.8. The van der Waals surface area contributed by atoms with E-state index in [4.69, 9.17) is 5.73 Å². The molecule has 1 aromatic rings. The van der Waals surface area contributed by atoms with Gasteiger partial charge in [-0.15, -0.1) is 0 Å². The van der Waals surface area contributed by atoms with E-state index in [1.807, 2.05) is 4.93 Å². The molecule has 1 aromatic carbocycles. The standard InChI is InChI=1S/C21H22N2O7.CH3I/c1-23(2)15-10-7-9-6-8-4-3-5-11(24)12(8)16(25)13(9)18(27)21(10,30)19(28)14(17(15)26)20(22)29;1-2/h3-5,9-10,15,24-25,28,30H,6-7H2,1-2H3,(H2,22,29);1H3/t9-,10+,15-,21-;/m0./s1. The van der Waals surface area contributed by atoms with Gasteiger partial charge >= 0.3 is 0 Å². The number of Topliss-reactive ketones (excluding diaryl/α,β-unsaturated/α-hetero) is 2. The molecule has 0 radical (unpaired) electrons. The molecule has 1 fully saturated rings. The Morgan fingerprint density at radius 2 is 1.81 bits per heavy atom. The number of nitrogens with zero attached hydrogens (tertiary/aromatic N) is 1. The molecule has 0 aromatic heterocycles. The van der Waals surface area contributed by atoms with E-state index in [1.165, 1.54) is 11.0 Å². The number of primary amides is 1. The summed E-state index contributed by atoms with van der Waals surface area (Å²) in [5.74, 6) is -6.43. The molecule has 0 bridgehead atoms. The summed E-state index contributed by atoms with van der Waals surface area (Å²) in [6.07, 6.45) is 0.379. The minimum Gasteiger partial charge on any atom is -0.508 e. The quantitative estimate of drug-likeness (QED) is 0.205. The van der Waals surface area contributed by atoms with Crippen LogP contribution in [-0.4, -0.2) is 73.5 Å². The van der Waals surface area contributed by atoms with Gasteiger partial charge in [0.1, 0.15) is 22.8 Å². The van der Waals surface area contributed by atoms with Crippen molar-refractivity contribution in [1.82, 2.24) is 4.90 Å². The maximum atomic E-state index is 13.5. The highest BCUT2D eigenvalue weighted by Gasteiger charge is 2.64. The van der Waals surface area contributed by atoms with Gasteiger partial charge < -0.3 is 26.2 Å². The smallest absolute Gasteiger partial charge is 0.255 e.